The molecule has 3 heteroatoms. The van der Waals surface area contributed by atoms with Crippen molar-refractivity contribution in [3.63, 3.8) is 0 Å². The van der Waals surface area contributed by atoms with Crippen LogP contribution in [0.15, 0.2) is 35.9 Å². The molecule has 0 radical (unpaired) electrons. The van der Waals surface area contributed by atoms with Crippen molar-refractivity contribution in [1.82, 2.24) is 0 Å². The molecule has 0 bridgehead atoms. The first-order valence-electron chi connectivity index (χ1n) is 9.38. The number of fused-ring (bicyclic) bond motifs is 5. The summed E-state index contributed by atoms with van der Waals surface area (Å²) in [6.07, 6.45) is 10.2. The molecular formula is C24H24Cl2Zr. The molecule has 2 unspecified atom stereocenters. The van der Waals surface area contributed by atoms with Crippen molar-refractivity contribution in [3.05, 3.63) is 80.4 Å². The van der Waals surface area contributed by atoms with E-state index in [2.05, 4.69) is 70.2 Å². The summed E-state index contributed by atoms with van der Waals surface area (Å²) < 4.78 is 1.19. The normalized spacial score (nSPS) is 23.3. The second-order valence-electron chi connectivity index (χ2n) is 8.12. The minimum atomic E-state index is -0.694. The van der Waals surface area contributed by atoms with E-state index in [1.807, 2.05) is 0 Å². The summed E-state index contributed by atoms with van der Waals surface area (Å²) in [5.74, 6) is 0. The molecule has 0 N–H and O–H groups in total. The zero-order chi connectivity index (χ0) is 17.3. The van der Waals surface area contributed by atoms with E-state index in [0.717, 1.165) is 3.63 Å². The average molecular weight is 475 g/mol. The van der Waals surface area contributed by atoms with Crippen molar-refractivity contribution in [2.45, 2.75) is 47.3 Å². The van der Waals surface area contributed by atoms with Crippen molar-refractivity contribution >= 4 is 12.2 Å². The molecule has 0 nitrogen and oxygen atoms in total. The van der Waals surface area contributed by atoms with Crippen LogP contribution in [-0.2, 0) is 26.4 Å². The molecule has 138 valence electrons. The Labute approximate surface area is 186 Å². The molecule has 0 aromatic heterocycles. The molecule has 2 atom stereocenters. The molecular weight excluding hydrogens is 450 g/mol. The van der Waals surface area contributed by atoms with E-state index in [1.54, 1.807) is 22.3 Å². The van der Waals surface area contributed by atoms with Crippen molar-refractivity contribution in [1.29, 1.82) is 0 Å². The minimum absolute atomic E-state index is 0. The van der Waals surface area contributed by atoms with Gasteiger partial charge in [0.05, 0.1) is 0 Å². The van der Waals surface area contributed by atoms with Crippen LogP contribution in [-0.4, -0.2) is 0 Å². The molecule has 1 heterocycles. The molecule has 3 aliphatic rings. The van der Waals surface area contributed by atoms with Crippen LogP contribution in [0.3, 0.4) is 0 Å². The maximum atomic E-state index is 2.61. The minimum Gasteiger partial charge on any atom is -1.00 e. The Balaban J connectivity index is 0.00000105. The number of hydrogen-bond donors (Lipinski definition) is 0. The third kappa shape index (κ3) is 2.97. The van der Waals surface area contributed by atoms with Gasteiger partial charge in [0.15, 0.2) is 0 Å². The van der Waals surface area contributed by atoms with Crippen LogP contribution in [0.1, 0.15) is 61.0 Å². The Bertz CT molecular complexity index is 986. The summed E-state index contributed by atoms with van der Waals surface area (Å²) in [5, 5.41) is 0. The summed E-state index contributed by atoms with van der Waals surface area (Å²) in [5.41, 5.74) is 14.2. The second-order valence-corrected chi connectivity index (χ2v) is 12.4. The van der Waals surface area contributed by atoms with E-state index in [-0.39, 0.29) is 24.8 Å². The van der Waals surface area contributed by atoms with E-state index in [9.17, 15) is 0 Å². The molecule has 2 aliphatic carbocycles. The zero-order valence-corrected chi connectivity index (χ0v) is 20.3. The van der Waals surface area contributed by atoms with Crippen molar-refractivity contribution < 1.29 is 48.0 Å². The molecule has 1 aliphatic heterocycles. The van der Waals surface area contributed by atoms with Gasteiger partial charge >= 0.3 is 163 Å². The maximum Gasteiger partial charge on any atom is -1.00 e. The van der Waals surface area contributed by atoms with Crippen LogP contribution >= 0.6 is 0 Å². The predicted molar refractivity (Wildman–Crippen MR) is 102 cm³/mol. The molecule has 0 saturated carbocycles. The Morgan fingerprint density at radius 1 is 0.852 bits per heavy atom. The monoisotopic (exact) mass is 472 g/mol. The van der Waals surface area contributed by atoms with Gasteiger partial charge in [-0.2, -0.15) is 0 Å². The van der Waals surface area contributed by atoms with Gasteiger partial charge in [-0.15, -0.1) is 0 Å². The fraction of sp³-hybridized carbons (Fsp3) is 0.333. The molecule has 1 fully saturated rings. The van der Waals surface area contributed by atoms with Gasteiger partial charge < -0.3 is 24.8 Å². The van der Waals surface area contributed by atoms with E-state index in [1.165, 1.54) is 40.7 Å². The van der Waals surface area contributed by atoms with E-state index >= 15 is 0 Å². The van der Waals surface area contributed by atoms with Gasteiger partial charge in [-0.25, -0.2) is 0 Å². The number of allylic oxidation sites excluding steroid dienone is 2. The van der Waals surface area contributed by atoms with Crippen LogP contribution < -0.4 is 24.8 Å². The summed E-state index contributed by atoms with van der Waals surface area (Å²) in [4.78, 5) is 0. The Morgan fingerprint density at radius 2 is 1.48 bits per heavy atom. The molecule has 5 rings (SSSR count). The molecule has 27 heavy (non-hydrogen) atoms. The van der Waals surface area contributed by atoms with Gasteiger partial charge in [-0.3, -0.25) is 0 Å². The molecule has 0 amide bonds. The second kappa shape index (κ2) is 7.33. The largest absolute Gasteiger partial charge is 1.00 e. The summed E-state index contributed by atoms with van der Waals surface area (Å²) in [7, 11) is 0. The first-order chi connectivity index (χ1) is 12.0. The van der Waals surface area contributed by atoms with Crippen LogP contribution in [0.25, 0.3) is 12.2 Å². The molecule has 1 spiro atoms. The fourth-order valence-corrected chi connectivity index (χ4v) is 11.1. The van der Waals surface area contributed by atoms with Gasteiger partial charge in [-0.1, -0.05) is 0 Å². The summed E-state index contributed by atoms with van der Waals surface area (Å²) in [6, 6.07) is 9.31. The van der Waals surface area contributed by atoms with Crippen LogP contribution in [0.5, 0.6) is 0 Å². The number of halogens is 2. The first-order valence-corrected chi connectivity index (χ1v) is 12.0. The Morgan fingerprint density at radius 3 is 2.22 bits per heavy atom. The Kier molecular flexibility index (Phi) is 5.73. The van der Waals surface area contributed by atoms with E-state index in [0.29, 0.717) is 3.12 Å². The van der Waals surface area contributed by atoms with Crippen LogP contribution in [0.2, 0.25) is 0 Å². The van der Waals surface area contributed by atoms with Gasteiger partial charge in [0, 0.05) is 0 Å². The van der Waals surface area contributed by atoms with Crippen molar-refractivity contribution in [3.8, 4) is 0 Å². The molecule has 2 aromatic carbocycles. The number of benzene rings is 2. The maximum absolute atomic E-state index is 2.61. The zero-order valence-electron chi connectivity index (χ0n) is 16.3. The van der Waals surface area contributed by atoms with Crippen molar-refractivity contribution in [2.24, 2.45) is 0 Å². The standard InChI is InChI=1S/C24H24.2ClH.Zr/c1-15-7-8-18(4)24-20(11-12-21(15)24)10-9-19-13-22-16(2)5-6-17(3)23(22)14-19;;;/h5-8,11-14H,9-10H2,1-4H3;2*1H;/q;;;+2/p-2. The molecule has 2 aromatic rings. The number of aryl methyl sites for hydroxylation is 4. The third-order valence-electron chi connectivity index (χ3n) is 6.57. The quantitative estimate of drug-likeness (QED) is 0.511. The van der Waals surface area contributed by atoms with E-state index in [4.69, 9.17) is 0 Å². The smallest absolute Gasteiger partial charge is 1.00 e. The number of rotatable bonds is 0. The third-order valence-corrected chi connectivity index (χ3v) is 11.8. The topological polar surface area (TPSA) is 0 Å². The van der Waals surface area contributed by atoms with Gasteiger partial charge in [-0.05, 0) is 0 Å². The fourth-order valence-electron chi connectivity index (χ4n) is 5.21. The van der Waals surface area contributed by atoms with Gasteiger partial charge in [0.25, 0.3) is 0 Å². The Hall–Kier alpha value is -0.617. The number of hydrogen-bond acceptors (Lipinski definition) is 0. The van der Waals surface area contributed by atoms with E-state index < -0.39 is 23.2 Å². The summed E-state index contributed by atoms with van der Waals surface area (Å²) >= 11 is -0.694. The van der Waals surface area contributed by atoms with Crippen LogP contribution in [0.4, 0.5) is 0 Å². The summed E-state index contributed by atoms with van der Waals surface area (Å²) in [6.45, 7) is 9.21. The van der Waals surface area contributed by atoms with Gasteiger partial charge in [0.2, 0.25) is 0 Å². The molecule has 1 saturated heterocycles. The van der Waals surface area contributed by atoms with Gasteiger partial charge in [0.1, 0.15) is 0 Å². The predicted octanol–water partition coefficient (Wildman–Crippen LogP) is 0.165. The SMILES string of the molecule is Cc1ccc(C)c2c1C=C1CC[C]3(C=Cc4c(C)ccc(C)c43)[Zr+2][CH]12.[Cl-].[Cl-]. The van der Waals surface area contributed by atoms with Crippen LogP contribution in [0, 0.1) is 27.7 Å². The van der Waals surface area contributed by atoms with Crippen molar-refractivity contribution in [2.75, 3.05) is 0 Å². The first kappa shape index (κ1) is 21.1. The average Bonchev–Trinajstić information content (AvgIpc) is 3.16.